The topological polar surface area (TPSA) is 137 Å². The molecule has 280 valence electrons. The molecule has 3 aromatic carbocycles. The highest BCUT2D eigenvalue weighted by Gasteiger charge is 2.67. The van der Waals surface area contributed by atoms with Gasteiger partial charge in [-0.2, -0.15) is 19.0 Å². The molecular weight excluding hydrogens is 762 g/mol. The van der Waals surface area contributed by atoms with Gasteiger partial charge in [-0.05, 0) is 60.7 Å². The van der Waals surface area contributed by atoms with Crippen LogP contribution < -0.4 is 10.0 Å². The molecule has 0 bridgehead atoms. The number of sulfonamides is 1. The zero-order valence-corrected chi connectivity index (χ0v) is 29.7. The fourth-order valence-electron chi connectivity index (χ4n) is 7.40. The van der Waals surface area contributed by atoms with E-state index in [2.05, 4.69) is 20.2 Å². The average molecular weight is 789 g/mol. The predicted octanol–water partition coefficient (Wildman–Crippen LogP) is 6.93. The Kier molecular flexibility index (Phi) is 8.40. The number of rotatable bonds is 10. The maximum absolute atomic E-state index is 15.3. The number of benzene rings is 3. The predicted molar refractivity (Wildman–Crippen MR) is 186 cm³/mol. The van der Waals surface area contributed by atoms with Crippen LogP contribution in [0.1, 0.15) is 53.0 Å². The minimum atomic E-state index is -3.81. The molecule has 6 aromatic rings. The molecule has 3 atom stereocenters. The SMILES string of the molecule is Cn1nc(NS(C)(=O)=O)c2c(Cl)ccc(-c3nc4ccccc4nc3C(Cc3cc(F)cc(F)c3)NC(=O)Cn3nc(C(F)F)c4c3C(F)(F)[C@@H]3C[C@H]43)c21. The van der Waals surface area contributed by atoms with Gasteiger partial charge in [-0.25, -0.2) is 35.9 Å². The summed E-state index contributed by atoms with van der Waals surface area (Å²) in [5.41, 5.74) is -0.166. The lowest BCUT2D eigenvalue weighted by Crippen LogP contribution is -2.35. The Balaban J connectivity index is 1.28. The third-order valence-electron chi connectivity index (χ3n) is 9.56. The summed E-state index contributed by atoms with van der Waals surface area (Å²) in [5.74, 6) is -8.26. The van der Waals surface area contributed by atoms with Crippen LogP contribution >= 0.6 is 11.6 Å². The van der Waals surface area contributed by atoms with Gasteiger partial charge in [0.2, 0.25) is 15.9 Å². The molecule has 0 radical (unpaired) electrons. The summed E-state index contributed by atoms with van der Waals surface area (Å²) in [6.45, 7) is -0.887. The molecule has 1 amide bonds. The number of hydrogen-bond donors (Lipinski definition) is 2. The number of carbonyl (C=O) groups is 1. The molecule has 0 saturated heterocycles. The lowest BCUT2D eigenvalue weighted by molar-refractivity contribution is -0.123. The van der Waals surface area contributed by atoms with Gasteiger partial charge in [-0.15, -0.1) is 0 Å². The third kappa shape index (κ3) is 6.19. The standard InChI is InChI=1S/C35H27ClF6N8O3S/c1-49-31-18(7-8-21(36)27(31)34(47-49)48-54(2,52)53)28-29(45-23-6-4-3-5-22(23)44-28)24(11-15-9-16(37)12-17(38)10-15)43-25(51)14-50-32-26(30(46-50)33(39)40)19-13-20(19)35(32,41)42/h3-10,12,19-20,24,33H,11,13-14H2,1-2H3,(H,43,51)(H,47,48)/t19-,20+,24?/m0/s1. The summed E-state index contributed by atoms with van der Waals surface area (Å²) in [6.07, 6.45) is -2.48. The zero-order valence-electron chi connectivity index (χ0n) is 28.1. The second-order valence-corrected chi connectivity index (χ2v) is 15.5. The van der Waals surface area contributed by atoms with Gasteiger partial charge in [0.1, 0.15) is 29.6 Å². The molecule has 19 heteroatoms. The maximum atomic E-state index is 15.3. The van der Waals surface area contributed by atoms with Crippen LogP contribution in [0.15, 0.2) is 54.6 Å². The van der Waals surface area contributed by atoms with E-state index in [1.165, 1.54) is 17.8 Å². The lowest BCUT2D eigenvalue weighted by Gasteiger charge is -2.23. The molecule has 2 aliphatic rings. The van der Waals surface area contributed by atoms with E-state index in [-0.39, 0.29) is 51.6 Å². The van der Waals surface area contributed by atoms with Crippen molar-refractivity contribution in [3.05, 3.63) is 99.5 Å². The quantitative estimate of drug-likeness (QED) is 0.144. The molecule has 3 aromatic heterocycles. The first kappa shape index (κ1) is 35.8. The van der Waals surface area contributed by atoms with Crippen LogP contribution in [0, 0.1) is 17.6 Å². The van der Waals surface area contributed by atoms with Gasteiger partial charge in [0, 0.05) is 30.2 Å². The lowest BCUT2D eigenvalue weighted by atomic mass is 9.97. The van der Waals surface area contributed by atoms with Gasteiger partial charge >= 0.3 is 0 Å². The normalized spacial score (nSPS) is 17.9. The summed E-state index contributed by atoms with van der Waals surface area (Å²) in [6, 6.07) is 11.2. The second kappa shape index (κ2) is 12.7. The molecule has 0 aliphatic heterocycles. The molecule has 1 fully saturated rings. The summed E-state index contributed by atoms with van der Waals surface area (Å²) in [7, 11) is -2.28. The first-order valence-corrected chi connectivity index (χ1v) is 18.7. The number of amides is 1. The molecular formula is C35H27ClF6N8O3S. The molecule has 8 rings (SSSR count). The Morgan fingerprint density at radius 1 is 1.02 bits per heavy atom. The zero-order chi connectivity index (χ0) is 38.4. The minimum absolute atomic E-state index is 0.0354. The van der Waals surface area contributed by atoms with E-state index in [0.717, 1.165) is 18.4 Å². The van der Waals surface area contributed by atoms with Crippen LogP contribution in [0.3, 0.4) is 0 Å². The Labute approximate surface area is 307 Å². The fraction of sp³-hybridized carbons (Fsp3) is 0.286. The Bertz CT molecular complexity index is 2630. The number of aromatic nitrogens is 6. The number of para-hydroxylation sites is 2. The van der Waals surface area contributed by atoms with Crippen LogP contribution in [0.4, 0.5) is 32.2 Å². The summed E-state index contributed by atoms with van der Waals surface area (Å²) in [5, 5.41) is 11.1. The first-order chi connectivity index (χ1) is 25.5. The molecule has 2 aliphatic carbocycles. The van der Waals surface area contributed by atoms with Crippen molar-refractivity contribution in [1.82, 2.24) is 34.8 Å². The Morgan fingerprint density at radius 2 is 1.70 bits per heavy atom. The molecule has 2 N–H and O–H groups in total. The van der Waals surface area contributed by atoms with E-state index < -0.39 is 75.7 Å². The van der Waals surface area contributed by atoms with Gasteiger partial charge in [0.15, 0.2) is 5.82 Å². The number of hydrogen-bond acceptors (Lipinski definition) is 7. The van der Waals surface area contributed by atoms with Crippen LogP contribution in [-0.4, -0.2) is 50.1 Å². The van der Waals surface area contributed by atoms with Crippen molar-refractivity contribution >= 4 is 55.3 Å². The maximum Gasteiger partial charge on any atom is 0.293 e. The van der Waals surface area contributed by atoms with E-state index >= 15 is 8.78 Å². The van der Waals surface area contributed by atoms with Gasteiger partial charge in [-0.3, -0.25) is 18.9 Å². The van der Waals surface area contributed by atoms with Crippen molar-refractivity contribution < 1.29 is 39.6 Å². The number of nitrogens with zero attached hydrogens (tertiary/aromatic N) is 6. The number of anilines is 1. The summed E-state index contributed by atoms with van der Waals surface area (Å²) < 4.78 is 116. The Morgan fingerprint density at radius 3 is 2.37 bits per heavy atom. The molecule has 54 heavy (non-hydrogen) atoms. The Hall–Kier alpha value is -5.23. The highest BCUT2D eigenvalue weighted by Crippen LogP contribution is 2.68. The van der Waals surface area contributed by atoms with E-state index in [0.29, 0.717) is 32.9 Å². The van der Waals surface area contributed by atoms with Crippen molar-refractivity contribution in [2.45, 2.75) is 43.7 Å². The van der Waals surface area contributed by atoms with Gasteiger partial charge < -0.3 is 5.32 Å². The number of nitrogens with one attached hydrogen (secondary N) is 2. The minimum Gasteiger partial charge on any atom is -0.346 e. The summed E-state index contributed by atoms with van der Waals surface area (Å²) in [4.78, 5) is 23.5. The number of alkyl halides is 4. The summed E-state index contributed by atoms with van der Waals surface area (Å²) >= 11 is 6.58. The van der Waals surface area contributed by atoms with Crippen LogP contribution in [0.5, 0.6) is 0 Å². The second-order valence-electron chi connectivity index (χ2n) is 13.4. The number of carbonyl (C=O) groups excluding carboxylic acids is 1. The fourth-order valence-corrected chi connectivity index (χ4v) is 8.14. The number of halogens is 7. The molecule has 1 unspecified atom stereocenters. The number of fused-ring (bicyclic) bond motifs is 5. The van der Waals surface area contributed by atoms with E-state index in [1.54, 1.807) is 30.3 Å². The molecule has 3 heterocycles. The largest absolute Gasteiger partial charge is 0.346 e. The van der Waals surface area contributed by atoms with Crippen molar-refractivity contribution in [2.24, 2.45) is 13.0 Å². The van der Waals surface area contributed by atoms with Crippen LogP contribution in [0.25, 0.3) is 33.2 Å². The first-order valence-electron chi connectivity index (χ1n) is 16.4. The van der Waals surface area contributed by atoms with Crippen molar-refractivity contribution in [3.63, 3.8) is 0 Å². The van der Waals surface area contributed by atoms with Crippen molar-refractivity contribution in [1.29, 1.82) is 0 Å². The highest BCUT2D eigenvalue weighted by atomic mass is 35.5. The van der Waals surface area contributed by atoms with Crippen molar-refractivity contribution in [3.8, 4) is 11.3 Å². The molecule has 11 nitrogen and oxygen atoms in total. The van der Waals surface area contributed by atoms with Gasteiger partial charge in [0.05, 0.1) is 50.6 Å². The smallest absolute Gasteiger partial charge is 0.293 e. The average Bonchev–Trinajstić information content (AvgIpc) is 3.62. The van der Waals surface area contributed by atoms with Gasteiger partial charge in [0.25, 0.3) is 12.3 Å². The van der Waals surface area contributed by atoms with Gasteiger partial charge in [-0.1, -0.05) is 23.7 Å². The molecule has 1 saturated carbocycles. The monoisotopic (exact) mass is 788 g/mol. The van der Waals surface area contributed by atoms with E-state index in [1.807, 2.05) is 0 Å². The van der Waals surface area contributed by atoms with Crippen LogP contribution in [0.2, 0.25) is 5.02 Å². The van der Waals surface area contributed by atoms with Crippen molar-refractivity contribution in [2.75, 3.05) is 11.0 Å². The number of aryl methyl sites for hydroxylation is 1. The van der Waals surface area contributed by atoms with E-state index in [4.69, 9.17) is 21.6 Å². The van der Waals surface area contributed by atoms with E-state index in [9.17, 15) is 30.8 Å². The third-order valence-corrected chi connectivity index (χ3v) is 10.4. The molecule has 0 spiro atoms. The highest BCUT2D eigenvalue weighted by molar-refractivity contribution is 7.92. The van der Waals surface area contributed by atoms with Crippen LogP contribution in [-0.2, 0) is 40.8 Å².